The normalized spacial score (nSPS) is 13.0. The fourth-order valence-corrected chi connectivity index (χ4v) is 2.42. The van der Waals surface area contributed by atoms with Gasteiger partial charge in [-0.15, -0.1) is 11.3 Å². The van der Waals surface area contributed by atoms with Crippen molar-refractivity contribution in [1.29, 1.82) is 0 Å². The van der Waals surface area contributed by atoms with Crippen LogP contribution < -0.4 is 4.74 Å². The van der Waals surface area contributed by atoms with Gasteiger partial charge in [-0.05, 0) is 35.7 Å². The van der Waals surface area contributed by atoms with Gasteiger partial charge in [0.2, 0.25) is 0 Å². The van der Waals surface area contributed by atoms with Gasteiger partial charge in [-0.1, -0.05) is 6.07 Å². The lowest BCUT2D eigenvalue weighted by Gasteiger charge is -2.08. The Hall–Kier alpha value is -2.61. The maximum absolute atomic E-state index is 12.8. The van der Waals surface area contributed by atoms with E-state index in [0.29, 0.717) is 17.7 Å². The molecule has 24 heavy (non-hydrogen) atoms. The zero-order chi connectivity index (χ0) is 17.7. The second-order valence-electron chi connectivity index (χ2n) is 4.52. The number of aliphatic imine (C=N–C) groups is 1. The summed E-state index contributed by atoms with van der Waals surface area (Å²) in [6.45, 7) is 0. The SMILES string of the molecule is COc1ccc(N=C/C(C(=O)C(F)(F)F)=C(/O)c2cccs2)cc1. The van der Waals surface area contributed by atoms with Crippen molar-refractivity contribution in [2.45, 2.75) is 6.18 Å². The molecule has 4 nitrogen and oxygen atoms in total. The Bertz CT molecular complexity index is 763. The van der Waals surface area contributed by atoms with Crippen molar-refractivity contribution in [1.82, 2.24) is 0 Å². The van der Waals surface area contributed by atoms with Crippen molar-refractivity contribution in [2.24, 2.45) is 4.99 Å². The summed E-state index contributed by atoms with van der Waals surface area (Å²) >= 11 is 1.01. The molecule has 0 unspecified atom stereocenters. The first-order valence-electron chi connectivity index (χ1n) is 6.59. The van der Waals surface area contributed by atoms with Gasteiger partial charge < -0.3 is 9.84 Å². The minimum absolute atomic E-state index is 0.142. The number of aliphatic hydroxyl groups is 1. The fourth-order valence-electron chi connectivity index (χ4n) is 1.73. The molecular weight excluding hydrogens is 343 g/mol. The smallest absolute Gasteiger partial charge is 0.455 e. The van der Waals surface area contributed by atoms with Crippen LogP contribution in [0.1, 0.15) is 4.88 Å². The minimum Gasteiger partial charge on any atom is -0.506 e. The van der Waals surface area contributed by atoms with Gasteiger partial charge in [0.15, 0.2) is 0 Å². The van der Waals surface area contributed by atoms with Crippen molar-refractivity contribution in [2.75, 3.05) is 7.11 Å². The molecule has 0 spiro atoms. The largest absolute Gasteiger partial charge is 0.506 e. The van der Waals surface area contributed by atoms with Gasteiger partial charge in [0.1, 0.15) is 11.5 Å². The number of hydrogen-bond acceptors (Lipinski definition) is 5. The first kappa shape index (κ1) is 17.7. The van der Waals surface area contributed by atoms with E-state index in [0.717, 1.165) is 11.3 Å². The molecule has 0 aliphatic rings. The molecule has 126 valence electrons. The topological polar surface area (TPSA) is 58.9 Å². The second-order valence-corrected chi connectivity index (χ2v) is 5.47. The number of alkyl halides is 3. The molecule has 1 aromatic carbocycles. The maximum Gasteiger partial charge on any atom is 0.455 e. The molecule has 1 heterocycles. The number of ketones is 1. The van der Waals surface area contributed by atoms with Crippen molar-refractivity contribution < 1.29 is 27.8 Å². The summed E-state index contributed by atoms with van der Waals surface area (Å²) in [5.74, 6) is -2.37. The number of rotatable bonds is 5. The average Bonchev–Trinajstić information content (AvgIpc) is 3.08. The highest BCUT2D eigenvalue weighted by Gasteiger charge is 2.41. The third kappa shape index (κ3) is 4.23. The highest BCUT2D eigenvalue weighted by Crippen LogP contribution is 2.27. The summed E-state index contributed by atoms with van der Waals surface area (Å²) in [4.78, 5) is 15.5. The molecule has 1 N–H and O–H groups in total. The summed E-state index contributed by atoms with van der Waals surface area (Å²) in [7, 11) is 1.47. The Morgan fingerprint density at radius 1 is 1.25 bits per heavy atom. The number of carbonyl (C=O) groups is 1. The van der Waals surface area contributed by atoms with Crippen LogP contribution in [0.25, 0.3) is 5.76 Å². The Morgan fingerprint density at radius 2 is 1.92 bits per heavy atom. The molecule has 1 aromatic heterocycles. The van der Waals surface area contributed by atoms with E-state index in [1.165, 1.54) is 25.3 Å². The Balaban J connectivity index is 2.41. The van der Waals surface area contributed by atoms with Crippen molar-refractivity contribution in [3.63, 3.8) is 0 Å². The first-order chi connectivity index (χ1) is 11.3. The van der Waals surface area contributed by atoms with E-state index >= 15 is 0 Å². The van der Waals surface area contributed by atoms with Gasteiger partial charge in [0.25, 0.3) is 5.78 Å². The number of carbonyl (C=O) groups excluding carboxylic acids is 1. The summed E-state index contributed by atoms with van der Waals surface area (Å²) < 4.78 is 43.2. The predicted octanol–water partition coefficient (Wildman–Crippen LogP) is 4.56. The van der Waals surface area contributed by atoms with E-state index in [9.17, 15) is 23.1 Å². The van der Waals surface area contributed by atoms with Gasteiger partial charge in [-0.25, -0.2) is 0 Å². The number of ether oxygens (including phenoxy) is 1. The number of hydrogen-bond donors (Lipinski definition) is 1. The number of allylic oxidation sites excluding steroid dienone is 1. The molecule has 0 atom stereocenters. The van der Waals surface area contributed by atoms with E-state index in [1.807, 2.05) is 0 Å². The first-order valence-corrected chi connectivity index (χ1v) is 7.47. The van der Waals surface area contributed by atoms with E-state index in [2.05, 4.69) is 4.99 Å². The van der Waals surface area contributed by atoms with E-state index < -0.39 is 23.3 Å². The number of Topliss-reactive ketones (excluding diaryl/α,β-unsaturated/α-hetero) is 1. The van der Waals surface area contributed by atoms with Crippen LogP contribution in [0.3, 0.4) is 0 Å². The van der Waals surface area contributed by atoms with Crippen molar-refractivity contribution in [3.8, 4) is 5.75 Å². The summed E-state index contributed by atoms with van der Waals surface area (Å²) in [6, 6.07) is 9.11. The molecule has 0 aliphatic carbocycles. The Kier molecular flexibility index (Phi) is 5.40. The molecular formula is C16H12F3NO3S. The van der Waals surface area contributed by atoms with E-state index in [1.54, 1.807) is 23.6 Å². The molecule has 0 saturated carbocycles. The lowest BCUT2D eigenvalue weighted by atomic mass is 10.1. The van der Waals surface area contributed by atoms with E-state index in [-0.39, 0.29) is 4.88 Å². The number of halogens is 3. The highest BCUT2D eigenvalue weighted by molar-refractivity contribution is 7.11. The van der Waals surface area contributed by atoms with Crippen LogP contribution in [0.4, 0.5) is 18.9 Å². The summed E-state index contributed by atoms with van der Waals surface area (Å²) in [6.07, 6.45) is -4.40. The third-order valence-corrected chi connectivity index (χ3v) is 3.80. The number of aliphatic hydroxyl groups excluding tert-OH is 1. The standard InChI is InChI=1S/C16H12F3NO3S/c1-23-11-6-4-10(5-7-11)20-9-12(15(22)16(17,18)19)14(21)13-3-2-8-24-13/h2-9,21H,1H3/b14-12-,20-9?. The molecule has 2 aromatic rings. The molecule has 0 radical (unpaired) electrons. The molecule has 0 fully saturated rings. The zero-order valence-electron chi connectivity index (χ0n) is 12.4. The molecule has 8 heteroatoms. The number of benzene rings is 1. The molecule has 0 bridgehead atoms. The van der Waals surface area contributed by atoms with Gasteiger partial charge in [0.05, 0.1) is 23.2 Å². The fraction of sp³-hybridized carbons (Fsp3) is 0.125. The second kappa shape index (κ2) is 7.31. The van der Waals surface area contributed by atoms with Gasteiger partial charge in [0, 0.05) is 6.21 Å². The van der Waals surface area contributed by atoms with Crippen molar-refractivity contribution in [3.05, 3.63) is 52.2 Å². The quantitative estimate of drug-likeness (QED) is 0.486. The van der Waals surface area contributed by atoms with Crippen LogP contribution in [-0.4, -0.2) is 30.4 Å². The van der Waals surface area contributed by atoms with Crippen LogP contribution in [-0.2, 0) is 4.79 Å². The number of methoxy groups -OCH3 is 1. The predicted molar refractivity (Wildman–Crippen MR) is 86.1 cm³/mol. The number of nitrogens with zero attached hydrogens (tertiary/aromatic N) is 1. The lowest BCUT2D eigenvalue weighted by Crippen LogP contribution is -2.26. The van der Waals surface area contributed by atoms with Gasteiger partial charge >= 0.3 is 6.18 Å². The minimum atomic E-state index is -5.12. The lowest BCUT2D eigenvalue weighted by molar-refractivity contribution is -0.165. The van der Waals surface area contributed by atoms with Gasteiger partial charge in [-0.3, -0.25) is 9.79 Å². The maximum atomic E-state index is 12.8. The van der Waals surface area contributed by atoms with Gasteiger partial charge in [-0.2, -0.15) is 13.2 Å². The third-order valence-electron chi connectivity index (χ3n) is 2.93. The monoisotopic (exact) mass is 355 g/mol. The van der Waals surface area contributed by atoms with Crippen molar-refractivity contribution >= 4 is 34.8 Å². The summed E-state index contributed by atoms with van der Waals surface area (Å²) in [5, 5.41) is 11.6. The Labute approximate surface area is 139 Å². The molecule has 0 saturated heterocycles. The summed E-state index contributed by atoms with van der Waals surface area (Å²) in [5.41, 5.74) is -0.608. The van der Waals surface area contributed by atoms with Crippen LogP contribution in [0, 0.1) is 0 Å². The van der Waals surface area contributed by atoms with Crippen LogP contribution in [0.5, 0.6) is 5.75 Å². The van der Waals surface area contributed by atoms with Crippen LogP contribution in [0.2, 0.25) is 0 Å². The molecule has 0 amide bonds. The average molecular weight is 355 g/mol. The number of thiophene rings is 1. The molecule has 2 rings (SSSR count). The van der Waals surface area contributed by atoms with E-state index in [4.69, 9.17) is 4.74 Å². The van der Waals surface area contributed by atoms with Crippen LogP contribution in [0.15, 0.2) is 52.3 Å². The highest BCUT2D eigenvalue weighted by atomic mass is 32.1. The Morgan fingerprint density at radius 3 is 2.42 bits per heavy atom. The molecule has 0 aliphatic heterocycles. The van der Waals surface area contributed by atoms with Crippen LogP contribution >= 0.6 is 11.3 Å². The zero-order valence-corrected chi connectivity index (χ0v) is 13.2.